The van der Waals surface area contributed by atoms with Crippen molar-refractivity contribution in [2.24, 2.45) is 11.3 Å². The normalized spacial score (nSPS) is 20.8. The first-order valence-electron chi connectivity index (χ1n) is 12.8. The number of hydrogen-bond donors (Lipinski definition) is 2. The van der Waals surface area contributed by atoms with Crippen molar-refractivity contribution in [3.63, 3.8) is 0 Å². The summed E-state index contributed by atoms with van der Waals surface area (Å²) in [4.78, 5) is 17.4. The minimum absolute atomic E-state index is 0.0217. The van der Waals surface area contributed by atoms with E-state index >= 15 is 0 Å². The third kappa shape index (κ3) is 4.20. The van der Waals surface area contributed by atoms with Crippen LogP contribution in [0.5, 0.6) is 0 Å². The van der Waals surface area contributed by atoms with Gasteiger partial charge >= 0.3 is 0 Å². The number of rotatable bonds is 7. The highest BCUT2D eigenvalue weighted by molar-refractivity contribution is 5.93. The Hall–Kier alpha value is -4.20. The fraction of sp³-hybridized carbons (Fsp3) is 0.444. The van der Waals surface area contributed by atoms with Gasteiger partial charge in [0.1, 0.15) is 41.3 Å². The average molecular weight is 513 g/mol. The first-order valence-corrected chi connectivity index (χ1v) is 12.8. The third-order valence-corrected chi connectivity index (χ3v) is 7.51. The molecule has 0 aliphatic heterocycles. The SMILES string of the molecule is Cc1nc(F)ccc1[C@H](Nc1cc2c(NCC(C)(C)C)ncnc2c(C#N)n1)c1cn(C23CC(C2)C3)nn1. The van der Waals surface area contributed by atoms with Crippen molar-refractivity contribution in [3.05, 3.63) is 59.3 Å². The molecule has 3 fully saturated rings. The lowest BCUT2D eigenvalue weighted by Crippen LogP contribution is -2.59. The van der Waals surface area contributed by atoms with Gasteiger partial charge in [0.15, 0.2) is 5.69 Å². The number of fused-ring (bicyclic) bond motifs is 1. The molecule has 3 saturated carbocycles. The molecule has 10 nitrogen and oxygen atoms in total. The molecule has 7 rings (SSSR count). The van der Waals surface area contributed by atoms with Gasteiger partial charge in [-0.1, -0.05) is 32.1 Å². The van der Waals surface area contributed by atoms with E-state index < -0.39 is 12.0 Å². The van der Waals surface area contributed by atoms with Crippen molar-refractivity contribution in [3.8, 4) is 6.07 Å². The number of aryl methyl sites for hydroxylation is 1. The van der Waals surface area contributed by atoms with E-state index in [0.717, 1.165) is 30.7 Å². The van der Waals surface area contributed by atoms with Gasteiger partial charge in [-0.3, -0.25) is 0 Å². The Labute approximate surface area is 219 Å². The molecule has 4 heterocycles. The van der Waals surface area contributed by atoms with Gasteiger partial charge in [0.05, 0.1) is 11.7 Å². The number of hydrogen-bond acceptors (Lipinski definition) is 9. The first-order chi connectivity index (χ1) is 18.1. The van der Waals surface area contributed by atoms with Gasteiger partial charge in [-0.15, -0.1) is 5.10 Å². The molecule has 0 unspecified atom stereocenters. The number of anilines is 2. The van der Waals surface area contributed by atoms with E-state index in [2.05, 4.69) is 67.7 Å². The van der Waals surface area contributed by atoms with Crippen molar-refractivity contribution >= 4 is 22.5 Å². The van der Waals surface area contributed by atoms with Gasteiger partial charge in [-0.05, 0) is 49.7 Å². The summed E-state index contributed by atoms with van der Waals surface area (Å²) < 4.78 is 15.9. The van der Waals surface area contributed by atoms with Crippen LogP contribution in [0.15, 0.2) is 30.7 Å². The molecule has 0 spiro atoms. The van der Waals surface area contributed by atoms with E-state index in [4.69, 9.17) is 0 Å². The molecule has 4 aromatic heterocycles. The molecule has 4 aromatic rings. The molecular formula is C27H29FN10. The van der Waals surface area contributed by atoms with Crippen LogP contribution >= 0.6 is 0 Å². The molecule has 11 heteroatoms. The predicted octanol–water partition coefficient (Wildman–Crippen LogP) is 4.50. The standard InChI is InChI=1S/C27H29FN10/c1-15-17(5-6-21(28)33-15)24(20-12-38(37-36-20)27-8-16(9-27)10-27)35-22-7-18-23(19(11-29)34-22)31-14-32-25(18)30-13-26(2,3)4/h5-7,12,14,16,24H,8-10,13H2,1-4H3,(H,34,35)(H,30,31,32)/t16?,24-,27?/m0/s1. The highest BCUT2D eigenvalue weighted by Gasteiger charge is 2.58. The first kappa shape index (κ1) is 24.2. The van der Waals surface area contributed by atoms with Crippen LogP contribution in [-0.2, 0) is 5.54 Å². The number of halogens is 1. The fourth-order valence-corrected chi connectivity index (χ4v) is 5.36. The molecule has 1 atom stereocenters. The van der Waals surface area contributed by atoms with E-state index in [1.54, 1.807) is 13.0 Å². The summed E-state index contributed by atoms with van der Waals surface area (Å²) in [6, 6.07) is 6.50. The van der Waals surface area contributed by atoms with Crippen LogP contribution in [-0.4, -0.2) is 41.5 Å². The van der Waals surface area contributed by atoms with Gasteiger partial charge in [0.2, 0.25) is 5.95 Å². The Balaban J connectivity index is 1.41. The lowest BCUT2D eigenvalue weighted by Gasteiger charge is -2.61. The zero-order valence-electron chi connectivity index (χ0n) is 21.8. The molecule has 194 valence electrons. The summed E-state index contributed by atoms with van der Waals surface area (Å²) in [6.07, 6.45) is 6.79. The lowest BCUT2D eigenvalue weighted by molar-refractivity contribution is -0.0989. The van der Waals surface area contributed by atoms with Crippen molar-refractivity contribution < 1.29 is 4.39 Å². The minimum atomic E-state index is -0.551. The minimum Gasteiger partial charge on any atom is -0.369 e. The van der Waals surface area contributed by atoms with E-state index in [1.165, 1.54) is 12.4 Å². The maximum Gasteiger partial charge on any atom is 0.213 e. The van der Waals surface area contributed by atoms with Crippen LogP contribution in [0.3, 0.4) is 0 Å². The molecule has 2 bridgehead atoms. The van der Waals surface area contributed by atoms with Crippen LogP contribution in [0.25, 0.3) is 10.9 Å². The van der Waals surface area contributed by atoms with E-state index in [0.29, 0.717) is 40.5 Å². The molecule has 0 aromatic carbocycles. The van der Waals surface area contributed by atoms with E-state index in [9.17, 15) is 9.65 Å². The maximum absolute atomic E-state index is 13.9. The molecule has 3 aliphatic rings. The molecule has 0 amide bonds. The second-order valence-electron chi connectivity index (χ2n) is 11.7. The van der Waals surface area contributed by atoms with Crippen LogP contribution in [0.1, 0.15) is 68.7 Å². The number of nitrogens with zero attached hydrogens (tertiary/aromatic N) is 8. The largest absolute Gasteiger partial charge is 0.369 e. The van der Waals surface area contributed by atoms with Gasteiger partial charge in [0, 0.05) is 23.2 Å². The maximum atomic E-state index is 13.9. The Bertz CT molecular complexity index is 1560. The van der Waals surface area contributed by atoms with E-state index in [1.807, 2.05) is 16.9 Å². The van der Waals surface area contributed by atoms with Crippen LogP contribution < -0.4 is 10.6 Å². The summed E-state index contributed by atoms with van der Waals surface area (Å²) in [7, 11) is 0. The van der Waals surface area contributed by atoms with Crippen LogP contribution in [0.2, 0.25) is 0 Å². The van der Waals surface area contributed by atoms with E-state index in [-0.39, 0.29) is 16.6 Å². The Kier molecular flexibility index (Phi) is 5.52. The van der Waals surface area contributed by atoms with Gasteiger partial charge in [0.25, 0.3) is 0 Å². The third-order valence-electron chi connectivity index (χ3n) is 7.51. The average Bonchev–Trinajstić information content (AvgIpc) is 3.28. The monoisotopic (exact) mass is 512 g/mol. The smallest absolute Gasteiger partial charge is 0.213 e. The molecule has 0 radical (unpaired) electrons. The highest BCUT2D eigenvalue weighted by Crippen LogP contribution is 2.62. The van der Waals surface area contributed by atoms with Gasteiger partial charge in [-0.2, -0.15) is 9.65 Å². The number of nitriles is 1. The summed E-state index contributed by atoms with van der Waals surface area (Å²) in [5.74, 6) is 1.31. The summed E-state index contributed by atoms with van der Waals surface area (Å²) in [6.45, 7) is 8.82. The Morgan fingerprint density at radius 2 is 2.00 bits per heavy atom. The number of pyridine rings is 2. The summed E-state index contributed by atoms with van der Waals surface area (Å²) in [5.41, 5.74) is 2.69. The molecule has 2 N–H and O–H groups in total. The van der Waals surface area contributed by atoms with Crippen molar-refractivity contribution in [1.82, 2.24) is 34.9 Å². The van der Waals surface area contributed by atoms with Crippen LogP contribution in [0, 0.1) is 35.5 Å². The molecular weight excluding hydrogens is 483 g/mol. The Morgan fingerprint density at radius 1 is 1.21 bits per heavy atom. The van der Waals surface area contributed by atoms with Crippen LogP contribution in [0.4, 0.5) is 16.0 Å². The van der Waals surface area contributed by atoms with Crippen molar-refractivity contribution in [2.75, 3.05) is 17.2 Å². The molecule has 3 aliphatic carbocycles. The zero-order chi connectivity index (χ0) is 26.7. The fourth-order valence-electron chi connectivity index (χ4n) is 5.36. The molecule has 0 saturated heterocycles. The topological polar surface area (TPSA) is 130 Å². The summed E-state index contributed by atoms with van der Waals surface area (Å²) in [5, 5.41) is 26.3. The van der Waals surface area contributed by atoms with Gasteiger partial charge in [-0.25, -0.2) is 24.6 Å². The summed E-state index contributed by atoms with van der Waals surface area (Å²) >= 11 is 0. The van der Waals surface area contributed by atoms with Crippen molar-refractivity contribution in [2.45, 2.75) is 58.5 Å². The lowest BCUT2D eigenvalue weighted by atomic mass is 9.50. The number of nitrogens with one attached hydrogen (secondary N) is 2. The second-order valence-corrected chi connectivity index (χ2v) is 11.7. The quantitative estimate of drug-likeness (QED) is 0.344. The van der Waals surface area contributed by atoms with Gasteiger partial charge < -0.3 is 10.6 Å². The zero-order valence-corrected chi connectivity index (χ0v) is 21.8. The predicted molar refractivity (Wildman–Crippen MR) is 140 cm³/mol. The molecule has 38 heavy (non-hydrogen) atoms. The van der Waals surface area contributed by atoms with Crippen molar-refractivity contribution in [1.29, 1.82) is 5.26 Å². The number of aromatic nitrogens is 7. The second kappa shape index (κ2) is 8.68. The highest BCUT2D eigenvalue weighted by atomic mass is 19.1. The Morgan fingerprint density at radius 3 is 2.66 bits per heavy atom.